The predicted molar refractivity (Wildman–Crippen MR) is 84.0 cm³/mol. The molecule has 2 heterocycles. The summed E-state index contributed by atoms with van der Waals surface area (Å²) in [6.07, 6.45) is 6.60. The monoisotopic (exact) mass is 292 g/mol. The van der Waals surface area contributed by atoms with Crippen LogP contribution in [0.5, 0.6) is 0 Å². The number of likely N-dealkylation sites (tertiary alicyclic amines) is 1. The molecule has 1 aliphatic rings. The highest BCUT2D eigenvalue weighted by molar-refractivity contribution is 5.76. The SMILES string of the molecule is Cc1cnn(CCC(=O)N2CCC([C@@H](C)N(C)C)CC2)c1. The molecule has 0 unspecified atom stereocenters. The quantitative estimate of drug-likeness (QED) is 0.830. The van der Waals surface area contributed by atoms with Crippen LogP contribution in [0.15, 0.2) is 12.4 Å². The molecular weight excluding hydrogens is 264 g/mol. The Balaban J connectivity index is 1.75. The van der Waals surface area contributed by atoms with Crippen LogP contribution >= 0.6 is 0 Å². The summed E-state index contributed by atoms with van der Waals surface area (Å²) in [4.78, 5) is 16.6. The van der Waals surface area contributed by atoms with Crippen molar-refractivity contribution in [2.45, 2.75) is 45.7 Å². The Morgan fingerprint density at radius 1 is 1.43 bits per heavy atom. The summed E-state index contributed by atoms with van der Waals surface area (Å²) in [5, 5.41) is 4.23. The Morgan fingerprint density at radius 3 is 2.62 bits per heavy atom. The predicted octanol–water partition coefficient (Wildman–Crippen LogP) is 1.77. The molecule has 1 atom stereocenters. The Morgan fingerprint density at radius 2 is 2.10 bits per heavy atom. The van der Waals surface area contributed by atoms with Gasteiger partial charge in [0.15, 0.2) is 0 Å². The van der Waals surface area contributed by atoms with Gasteiger partial charge >= 0.3 is 0 Å². The summed E-state index contributed by atoms with van der Waals surface area (Å²) >= 11 is 0. The molecular formula is C16H28N4O. The molecule has 118 valence electrons. The van der Waals surface area contributed by atoms with E-state index in [2.05, 4.69) is 31.0 Å². The van der Waals surface area contributed by atoms with Gasteiger partial charge in [-0.05, 0) is 52.3 Å². The summed E-state index contributed by atoms with van der Waals surface area (Å²) in [5.41, 5.74) is 1.14. The maximum atomic E-state index is 12.3. The number of aryl methyl sites for hydroxylation is 2. The molecule has 0 aliphatic carbocycles. The van der Waals surface area contributed by atoms with Crippen molar-refractivity contribution in [2.75, 3.05) is 27.2 Å². The number of aromatic nitrogens is 2. The Labute approximate surface area is 127 Å². The van der Waals surface area contributed by atoms with Crippen molar-refractivity contribution < 1.29 is 4.79 Å². The van der Waals surface area contributed by atoms with E-state index >= 15 is 0 Å². The van der Waals surface area contributed by atoms with Gasteiger partial charge in [0, 0.05) is 38.3 Å². The van der Waals surface area contributed by atoms with Crippen LogP contribution in [-0.4, -0.2) is 58.7 Å². The van der Waals surface area contributed by atoms with Gasteiger partial charge in [-0.25, -0.2) is 0 Å². The minimum absolute atomic E-state index is 0.263. The van der Waals surface area contributed by atoms with Crippen molar-refractivity contribution in [1.82, 2.24) is 19.6 Å². The molecule has 5 heteroatoms. The standard InChI is InChI=1S/C16H28N4O/c1-13-11-17-20(12-13)10-7-16(21)19-8-5-15(6-9-19)14(2)18(3)4/h11-12,14-15H,5-10H2,1-4H3/t14-/m1/s1. The van der Waals surface area contributed by atoms with E-state index in [1.165, 1.54) is 0 Å². The van der Waals surface area contributed by atoms with Gasteiger partial charge in [0.1, 0.15) is 0 Å². The summed E-state index contributed by atoms with van der Waals surface area (Å²) in [6, 6.07) is 0.592. The molecule has 1 aromatic heterocycles. The lowest BCUT2D eigenvalue weighted by Crippen LogP contribution is -2.43. The van der Waals surface area contributed by atoms with Crippen LogP contribution in [-0.2, 0) is 11.3 Å². The van der Waals surface area contributed by atoms with Crippen LogP contribution in [0.3, 0.4) is 0 Å². The molecule has 0 spiro atoms. The molecule has 1 fully saturated rings. The number of amides is 1. The van der Waals surface area contributed by atoms with Crippen LogP contribution < -0.4 is 0 Å². The maximum Gasteiger partial charge on any atom is 0.224 e. The molecule has 0 N–H and O–H groups in total. The second-order valence-corrected chi connectivity index (χ2v) is 6.45. The van der Waals surface area contributed by atoms with Gasteiger partial charge in [-0.2, -0.15) is 5.10 Å². The van der Waals surface area contributed by atoms with E-state index < -0.39 is 0 Å². The number of carbonyl (C=O) groups is 1. The van der Waals surface area contributed by atoms with E-state index in [4.69, 9.17) is 0 Å². The van der Waals surface area contributed by atoms with Gasteiger partial charge in [-0.15, -0.1) is 0 Å². The average Bonchev–Trinajstić information content (AvgIpc) is 2.89. The van der Waals surface area contributed by atoms with Crippen molar-refractivity contribution >= 4 is 5.91 Å². The Bertz CT molecular complexity index is 461. The lowest BCUT2D eigenvalue weighted by atomic mass is 9.89. The van der Waals surface area contributed by atoms with Crippen LogP contribution in [0.2, 0.25) is 0 Å². The van der Waals surface area contributed by atoms with E-state index in [9.17, 15) is 4.79 Å². The third-order valence-corrected chi connectivity index (χ3v) is 4.71. The molecule has 1 aliphatic heterocycles. The van der Waals surface area contributed by atoms with E-state index in [1.54, 1.807) is 0 Å². The van der Waals surface area contributed by atoms with Crippen molar-refractivity contribution in [2.24, 2.45) is 5.92 Å². The highest BCUT2D eigenvalue weighted by atomic mass is 16.2. The first-order valence-electron chi connectivity index (χ1n) is 7.90. The van der Waals surface area contributed by atoms with Crippen LogP contribution in [0.25, 0.3) is 0 Å². The summed E-state index contributed by atoms with van der Waals surface area (Å²) in [7, 11) is 4.27. The maximum absolute atomic E-state index is 12.3. The number of rotatable bonds is 5. The minimum atomic E-state index is 0.263. The van der Waals surface area contributed by atoms with Crippen LogP contribution in [0, 0.1) is 12.8 Å². The first-order valence-corrected chi connectivity index (χ1v) is 7.90. The molecule has 5 nitrogen and oxygen atoms in total. The van der Waals surface area contributed by atoms with E-state index in [0.29, 0.717) is 24.9 Å². The fraction of sp³-hybridized carbons (Fsp3) is 0.750. The zero-order valence-corrected chi connectivity index (χ0v) is 13.7. The lowest BCUT2D eigenvalue weighted by molar-refractivity contribution is -0.133. The molecule has 1 saturated heterocycles. The fourth-order valence-electron chi connectivity index (χ4n) is 3.01. The number of carbonyl (C=O) groups excluding carboxylic acids is 1. The van der Waals surface area contributed by atoms with Crippen molar-refractivity contribution in [3.63, 3.8) is 0 Å². The summed E-state index contributed by atoms with van der Waals surface area (Å²) in [5.74, 6) is 0.969. The zero-order valence-electron chi connectivity index (χ0n) is 13.7. The van der Waals surface area contributed by atoms with Gasteiger partial charge in [-0.1, -0.05) is 0 Å². The van der Waals surface area contributed by atoms with Crippen LogP contribution in [0.1, 0.15) is 31.7 Å². The summed E-state index contributed by atoms with van der Waals surface area (Å²) in [6.45, 7) is 6.78. The average molecular weight is 292 g/mol. The van der Waals surface area contributed by atoms with Crippen LogP contribution in [0.4, 0.5) is 0 Å². The van der Waals surface area contributed by atoms with E-state index in [0.717, 1.165) is 31.5 Å². The number of hydrogen-bond acceptors (Lipinski definition) is 3. The Kier molecular flexibility index (Phi) is 5.39. The topological polar surface area (TPSA) is 41.4 Å². The third-order valence-electron chi connectivity index (χ3n) is 4.71. The second kappa shape index (κ2) is 7.07. The van der Waals surface area contributed by atoms with Crippen molar-refractivity contribution in [3.8, 4) is 0 Å². The number of nitrogens with zero attached hydrogens (tertiary/aromatic N) is 4. The van der Waals surface area contributed by atoms with E-state index in [1.807, 2.05) is 28.9 Å². The highest BCUT2D eigenvalue weighted by Crippen LogP contribution is 2.23. The molecule has 21 heavy (non-hydrogen) atoms. The highest BCUT2D eigenvalue weighted by Gasteiger charge is 2.26. The largest absolute Gasteiger partial charge is 0.343 e. The summed E-state index contributed by atoms with van der Waals surface area (Å²) < 4.78 is 1.86. The second-order valence-electron chi connectivity index (χ2n) is 6.45. The molecule has 0 aromatic carbocycles. The lowest BCUT2D eigenvalue weighted by Gasteiger charge is -2.37. The van der Waals surface area contributed by atoms with Gasteiger partial charge in [-0.3, -0.25) is 9.48 Å². The van der Waals surface area contributed by atoms with Gasteiger partial charge in [0.25, 0.3) is 0 Å². The first-order chi connectivity index (χ1) is 9.97. The van der Waals surface area contributed by atoms with Gasteiger partial charge in [0.05, 0.1) is 6.20 Å². The van der Waals surface area contributed by atoms with Crippen molar-refractivity contribution in [1.29, 1.82) is 0 Å². The molecule has 0 saturated carbocycles. The van der Waals surface area contributed by atoms with Gasteiger partial charge < -0.3 is 9.80 Å². The molecule has 0 bridgehead atoms. The minimum Gasteiger partial charge on any atom is -0.343 e. The zero-order chi connectivity index (χ0) is 15.4. The first kappa shape index (κ1) is 16.0. The number of piperidine rings is 1. The molecule has 2 rings (SSSR count). The molecule has 1 amide bonds. The van der Waals surface area contributed by atoms with E-state index in [-0.39, 0.29) is 5.91 Å². The fourth-order valence-corrected chi connectivity index (χ4v) is 3.01. The normalized spacial score (nSPS) is 18.2. The Hall–Kier alpha value is -1.36. The third kappa shape index (κ3) is 4.30. The molecule has 0 radical (unpaired) electrons. The van der Waals surface area contributed by atoms with Crippen molar-refractivity contribution in [3.05, 3.63) is 18.0 Å². The molecule has 1 aromatic rings. The van der Waals surface area contributed by atoms with Gasteiger partial charge in [0.2, 0.25) is 5.91 Å². The number of hydrogen-bond donors (Lipinski definition) is 0. The smallest absolute Gasteiger partial charge is 0.224 e.